The standard InChI is InChI=1S/C27H20O6S/c1-13-17-9-5-6-10-18(17)24(32-15(3)29)26-21(13)22-23(31-14(2)28)19-11-7-8-12-20(19)25(27(22)34-26)33-16(4)30/h5-12H,1-4H3. The van der Waals surface area contributed by atoms with Crippen molar-refractivity contribution in [3.63, 3.8) is 0 Å². The first-order valence-corrected chi connectivity index (χ1v) is 11.5. The topological polar surface area (TPSA) is 78.9 Å². The van der Waals surface area contributed by atoms with Crippen LogP contribution >= 0.6 is 11.3 Å². The number of hydrogen-bond acceptors (Lipinski definition) is 7. The van der Waals surface area contributed by atoms with Gasteiger partial charge in [0.1, 0.15) is 5.75 Å². The third kappa shape index (κ3) is 3.36. The van der Waals surface area contributed by atoms with Gasteiger partial charge < -0.3 is 14.2 Å². The molecular weight excluding hydrogens is 452 g/mol. The molecule has 0 N–H and O–H groups in total. The van der Waals surface area contributed by atoms with Crippen molar-refractivity contribution < 1.29 is 28.6 Å². The Bertz CT molecular complexity index is 1680. The Hall–Kier alpha value is -3.97. The summed E-state index contributed by atoms with van der Waals surface area (Å²) in [4.78, 5) is 36.3. The molecule has 0 aliphatic rings. The van der Waals surface area contributed by atoms with Crippen molar-refractivity contribution in [2.75, 3.05) is 0 Å². The number of aryl methyl sites for hydroxylation is 1. The molecule has 0 amide bonds. The van der Waals surface area contributed by atoms with Gasteiger partial charge in [-0.15, -0.1) is 11.3 Å². The van der Waals surface area contributed by atoms with E-state index in [1.807, 2.05) is 55.5 Å². The first kappa shape index (κ1) is 21.9. The lowest BCUT2D eigenvalue weighted by atomic mass is 9.96. The number of carbonyl (C=O) groups is 3. The largest absolute Gasteiger partial charge is 0.425 e. The summed E-state index contributed by atoms with van der Waals surface area (Å²) in [6.07, 6.45) is 0. The van der Waals surface area contributed by atoms with Crippen molar-refractivity contribution >= 4 is 71.0 Å². The molecule has 4 aromatic carbocycles. The summed E-state index contributed by atoms with van der Waals surface area (Å²) in [5.41, 5.74) is 0.935. The molecule has 0 bridgehead atoms. The van der Waals surface area contributed by atoms with E-state index in [9.17, 15) is 14.4 Å². The van der Waals surface area contributed by atoms with E-state index >= 15 is 0 Å². The highest BCUT2D eigenvalue weighted by Crippen LogP contribution is 2.54. The minimum atomic E-state index is -0.468. The Morgan fingerprint density at radius 2 is 0.971 bits per heavy atom. The molecule has 34 heavy (non-hydrogen) atoms. The summed E-state index contributed by atoms with van der Waals surface area (Å²) in [5, 5.41) is 4.41. The van der Waals surface area contributed by atoms with Crippen molar-refractivity contribution in [2.24, 2.45) is 0 Å². The number of ether oxygens (including phenoxy) is 3. The average molecular weight is 473 g/mol. The summed E-state index contributed by atoms with van der Waals surface area (Å²) in [6.45, 7) is 6.03. The van der Waals surface area contributed by atoms with Gasteiger partial charge in [0.25, 0.3) is 0 Å². The maximum absolute atomic E-state index is 12.2. The van der Waals surface area contributed by atoms with Crippen LogP contribution in [0.25, 0.3) is 41.7 Å². The average Bonchev–Trinajstić information content (AvgIpc) is 3.19. The van der Waals surface area contributed by atoms with Gasteiger partial charge in [0, 0.05) is 47.7 Å². The van der Waals surface area contributed by atoms with Crippen LogP contribution in [-0.4, -0.2) is 17.9 Å². The predicted octanol–water partition coefficient (Wildman–Crippen LogP) is 6.45. The van der Waals surface area contributed by atoms with Crippen LogP contribution in [0.5, 0.6) is 17.2 Å². The maximum Gasteiger partial charge on any atom is 0.308 e. The van der Waals surface area contributed by atoms with E-state index in [4.69, 9.17) is 14.2 Å². The van der Waals surface area contributed by atoms with Crippen LogP contribution < -0.4 is 14.2 Å². The molecule has 0 saturated heterocycles. The fourth-order valence-electron chi connectivity index (χ4n) is 4.47. The van der Waals surface area contributed by atoms with Gasteiger partial charge in [-0.05, 0) is 17.9 Å². The van der Waals surface area contributed by atoms with Crippen LogP contribution in [0.3, 0.4) is 0 Å². The molecular formula is C27H20O6S. The normalized spacial score (nSPS) is 11.3. The fourth-order valence-corrected chi connectivity index (χ4v) is 5.81. The SMILES string of the molecule is CC(=O)Oc1c2ccccc2c(C)c2c1sc1c(OC(C)=O)c3ccccc3c(OC(C)=O)c12. The summed E-state index contributed by atoms with van der Waals surface area (Å²) < 4.78 is 18.5. The zero-order chi connectivity index (χ0) is 24.1. The van der Waals surface area contributed by atoms with E-state index in [0.29, 0.717) is 42.8 Å². The van der Waals surface area contributed by atoms with Gasteiger partial charge >= 0.3 is 17.9 Å². The van der Waals surface area contributed by atoms with E-state index in [2.05, 4.69) is 0 Å². The maximum atomic E-state index is 12.2. The third-order valence-electron chi connectivity index (χ3n) is 5.65. The molecule has 1 aromatic heterocycles. The Balaban J connectivity index is 2.11. The second kappa shape index (κ2) is 8.11. The molecule has 0 spiro atoms. The lowest BCUT2D eigenvalue weighted by Crippen LogP contribution is -2.05. The molecule has 5 aromatic rings. The Kier molecular flexibility index (Phi) is 5.21. The van der Waals surface area contributed by atoms with Gasteiger partial charge in [-0.2, -0.15) is 0 Å². The van der Waals surface area contributed by atoms with Gasteiger partial charge in [-0.25, -0.2) is 0 Å². The van der Waals surface area contributed by atoms with Crippen molar-refractivity contribution in [2.45, 2.75) is 27.7 Å². The minimum absolute atomic E-state index is 0.382. The summed E-state index contributed by atoms with van der Waals surface area (Å²) >= 11 is 1.34. The molecule has 0 aliphatic heterocycles. The molecule has 1 heterocycles. The summed E-state index contributed by atoms with van der Waals surface area (Å²) in [7, 11) is 0. The quantitative estimate of drug-likeness (QED) is 0.222. The number of hydrogen-bond donors (Lipinski definition) is 0. The molecule has 0 radical (unpaired) electrons. The van der Waals surface area contributed by atoms with Crippen molar-refractivity contribution in [3.05, 3.63) is 54.1 Å². The number of fused-ring (bicyclic) bond motifs is 5. The molecule has 0 aliphatic carbocycles. The molecule has 5 rings (SSSR count). The van der Waals surface area contributed by atoms with E-state index in [1.165, 1.54) is 32.1 Å². The van der Waals surface area contributed by atoms with Gasteiger partial charge in [0.15, 0.2) is 11.5 Å². The Morgan fingerprint density at radius 3 is 1.47 bits per heavy atom. The highest BCUT2D eigenvalue weighted by atomic mass is 32.1. The fraction of sp³-hybridized carbons (Fsp3) is 0.148. The number of benzene rings is 4. The molecule has 0 fully saturated rings. The van der Waals surface area contributed by atoms with E-state index in [1.54, 1.807) is 0 Å². The van der Waals surface area contributed by atoms with Gasteiger partial charge in [-0.3, -0.25) is 14.4 Å². The summed E-state index contributed by atoms with van der Waals surface area (Å²) in [6, 6.07) is 15.0. The highest BCUT2D eigenvalue weighted by Gasteiger charge is 2.27. The zero-order valence-corrected chi connectivity index (χ0v) is 19.8. The number of rotatable bonds is 3. The van der Waals surface area contributed by atoms with Gasteiger partial charge in [-0.1, -0.05) is 48.5 Å². The van der Waals surface area contributed by atoms with Crippen LogP contribution in [0.1, 0.15) is 26.3 Å². The second-order valence-corrected chi connectivity index (χ2v) is 9.02. The van der Waals surface area contributed by atoms with Crippen molar-refractivity contribution in [1.82, 2.24) is 0 Å². The molecule has 6 nitrogen and oxygen atoms in total. The van der Waals surface area contributed by atoms with Crippen molar-refractivity contribution in [3.8, 4) is 17.2 Å². The van der Waals surface area contributed by atoms with Crippen molar-refractivity contribution in [1.29, 1.82) is 0 Å². The smallest absolute Gasteiger partial charge is 0.308 e. The van der Waals surface area contributed by atoms with Crippen LogP contribution in [-0.2, 0) is 14.4 Å². The number of carbonyl (C=O) groups excluding carboxylic acids is 3. The van der Waals surface area contributed by atoms with Gasteiger partial charge in [0.05, 0.1) is 9.40 Å². The lowest BCUT2D eigenvalue weighted by Gasteiger charge is -2.14. The minimum Gasteiger partial charge on any atom is -0.425 e. The molecule has 0 atom stereocenters. The number of esters is 3. The molecule has 0 saturated carbocycles. The Labute approximate surface area is 198 Å². The highest BCUT2D eigenvalue weighted by molar-refractivity contribution is 7.27. The van der Waals surface area contributed by atoms with E-state index in [-0.39, 0.29) is 0 Å². The first-order chi connectivity index (χ1) is 16.3. The second-order valence-electron chi connectivity index (χ2n) is 7.99. The van der Waals surface area contributed by atoms with E-state index in [0.717, 1.165) is 21.7 Å². The van der Waals surface area contributed by atoms with Crippen LogP contribution in [0.2, 0.25) is 0 Å². The van der Waals surface area contributed by atoms with Gasteiger partial charge in [0.2, 0.25) is 0 Å². The molecule has 7 heteroatoms. The summed E-state index contributed by atoms with van der Waals surface area (Å²) in [5.74, 6) is -0.189. The van der Waals surface area contributed by atoms with Crippen LogP contribution in [0.4, 0.5) is 0 Å². The first-order valence-electron chi connectivity index (χ1n) is 10.7. The molecule has 170 valence electrons. The Morgan fingerprint density at radius 1 is 0.588 bits per heavy atom. The predicted molar refractivity (Wildman–Crippen MR) is 133 cm³/mol. The van der Waals surface area contributed by atoms with Crippen LogP contribution in [0, 0.1) is 6.92 Å². The van der Waals surface area contributed by atoms with Crippen LogP contribution in [0.15, 0.2) is 48.5 Å². The third-order valence-corrected chi connectivity index (χ3v) is 6.84. The lowest BCUT2D eigenvalue weighted by molar-refractivity contribution is -0.132. The molecule has 0 unspecified atom stereocenters. The number of thiophene rings is 1. The monoisotopic (exact) mass is 472 g/mol. The van der Waals surface area contributed by atoms with E-state index < -0.39 is 17.9 Å². The zero-order valence-electron chi connectivity index (χ0n) is 19.0.